The SMILES string of the molecule is CCc1ccc(C(NC)c2c(Br)nnn2C)s1. The van der Waals surface area contributed by atoms with E-state index in [1.54, 1.807) is 4.68 Å². The van der Waals surface area contributed by atoms with Crippen molar-refractivity contribution in [3.05, 3.63) is 32.2 Å². The quantitative estimate of drug-likeness (QED) is 0.943. The van der Waals surface area contributed by atoms with Crippen molar-refractivity contribution in [2.24, 2.45) is 7.05 Å². The van der Waals surface area contributed by atoms with Gasteiger partial charge in [-0.2, -0.15) is 0 Å². The molecule has 2 aromatic rings. The summed E-state index contributed by atoms with van der Waals surface area (Å²) in [6.07, 6.45) is 1.08. The number of halogens is 1. The van der Waals surface area contributed by atoms with E-state index in [0.717, 1.165) is 16.7 Å². The van der Waals surface area contributed by atoms with Crippen LogP contribution in [0.2, 0.25) is 0 Å². The molecular weight excluding hydrogens is 300 g/mol. The largest absolute Gasteiger partial charge is 0.307 e. The number of thiophene rings is 1. The molecule has 0 saturated heterocycles. The molecule has 0 aliphatic heterocycles. The van der Waals surface area contributed by atoms with Crippen molar-refractivity contribution in [2.45, 2.75) is 19.4 Å². The van der Waals surface area contributed by atoms with Gasteiger partial charge in [-0.3, -0.25) is 0 Å². The van der Waals surface area contributed by atoms with Gasteiger partial charge in [0, 0.05) is 16.8 Å². The monoisotopic (exact) mass is 314 g/mol. The van der Waals surface area contributed by atoms with Gasteiger partial charge in [0.1, 0.15) is 0 Å². The molecule has 0 radical (unpaired) electrons. The third-order valence-electron chi connectivity index (χ3n) is 2.70. The second kappa shape index (κ2) is 5.29. The van der Waals surface area contributed by atoms with E-state index < -0.39 is 0 Å². The highest BCUT2D eigenvalue weighted by atomic mass is 79.9. The van der Waals surface area contributed by atoms with E-state index in [4.69, 9.17) is 0 Å². The predicted molar refractivity (Wildman–Crippen MR) is 73.3 cm³/mol. The third kappa shape index (κ3) is 2.43. The molecule has 1 atom stereocenters. The Morgan fingerprint density at radius 2 is 2.29 bits per heavy atom. The smallest absolute Gasteiger partial charge is 0.153 e. The van der Waals surface area contributed by atoms with Crippen molar-refractivity contribution in [3.63, 3.8) is 0 Å². The van der Waals surface area contributed by atoms with Gasteiger partial charge >= 0.3 is 0 Å². The maximum Gasteiger partial charge on any atom is 0.153 e. The summed E-state index contributed by atoms with van der Waals surface area (Å²) in [4.78, 5) is 2.68. The van der Waals surface area contributed by atoms with Crippen molar-refractivity contribution >= 4 is 27.3 Å². The summed E-state index contributed by atoms with van der Waals surface area (Å²) in [5.74, 6) is 0. The highest BCUT2D eigenvalue weighted by Gasteiger charge is 2.21. The summed E-state index contributed by atoms with van der Waals surface area (Å²) in [7, 11) is 3.86. The second-order valence-electron chi connectivity index (χ2n) is 3.77. The molecule has 92 valence electrons. The van der Waals surface area contributed by atoms with Crippen molar-refractivity contribution in [3.8, 4) is 0 Å². The first kappa shape index (κ1) is 12.7. The van der Waals surface area contributed by atoms with Crippen LogP contribution in [0.25, 0.3) is 0 Å². The van der Waals surface area contributed by atoms with E-state index >= 15 is 0 Å². The molecule has 0 aromatic carbocycles. The first-order valence-corrected chi connectivity index (χ1v) is 7.09. The number of nitrogens with zero attached hydrogens (tertiary/aromatic N) is 3. The van der Waals surface area contributed by atoms with Gasteiger partial charge in [-0.15, -0.1) is 16.4 Å². The Hall–Kier alpha value is -0.720. The van der Waals surface area contributed by atoms with Gasteiger partial charge in [-0.05, 0) is 41.5 Å². The Kier molecular flexibility index (Phi) is 3.96. The molecule has 4 nitrogen and oxygen atoms in total. The van der Waals surface area contributed by atoms with E-state index in [0.29, 0.717) is 0 Å². The number of nitrogens with one attached hydrogen (secondary N) is 1. The molecule has 0 aliphatic carbocycles. The lowest BCUT2D eigenvalue weighted by Gasteiger charge is -2.14. The summed E-state index contributed by atoms with van der Waals surface area (Å²) in [5, 5.41) is 11.4. The molecular formula is C11H15BrN4S. The fourth-order valence-corrected chi connectivity index (χ4v) is 3.42. The van der Waals surface area contributed by atoms with Crippen LogP contribution >= 0.6 is 27.3 Å². The first-order valence-electron chi connectivity index (χ1n) is 5.48. The van der Waals surface area contributed by atoms with Crippen molar-refractivity contribution in [2.75, 3.05) is 7.05 Å². The van der Waals surface area contributed by atoms with Gasteiger partial charge in [0.05, 0.1) is 11.7 Å². The van der Waals surface area contributed by atoms with Crippen LogP contribution < -0.4 is 5.32 Å². The van der Waals surface area contributed by atoms with Gasteiger partial charge in [0.25, 0.3) is 0 Å². The minimum Gasteiger partial charge on any atom is -0.307 e. The Bertz CT molecular complexity index is 486. The van der Waals surface area contributed by atoms with Crippen molar-refractivity contribution in [1.82, 2.24) is 20.3 Å². The Morgan fingerprint density at radius 3 is 2.76 bits per heavy atom. The molecule has 0 spiro atoms. The average Bonchev–Trinajstić information content (AvgIpc) is 2.91. The van der Waals surface area contributed by atoms with Crippen LogP contribution in [0, 0.1) is 0 Å². The van der Waals surface area contributed by atoms with Gasteiger partial charge in [-0.25, -0.2) is 4.68 Å². The van der Waals surface area contributed by atoms with E-state index in [1.807, 2.05) is 25.4 Å². The maximum atomic E-state index is 4.03. The van der Waals surface area contributed by atoms with Gasteiger partial charge in [-0.1, -0.05) is 12.1 Å². The molecule has 2 rings (SSSR count). The second-order valence-corrected chi connectivity index (χ2v) is 5.72. The lowest BCUT2D eigenvalue weighted by molar-refractivity contribution is 0.603. The summed E-state index contributed by atoms with van der Waals surface area (Å²) in [6, 6.07) is 4.49. The molecule has 17 heavy (non-hydrogen) atoms. The molecule has 1 N–H and O–H groups in total. The zero-order chi connectivity index (χ0) is 12.4. The lowest BCUT2D eigenvalue weighted by atomic mass is 10.2. The van der Waals surface area contributed by atoms with E-state index in [-0.39, 0.29) is 6.04 Å². The third-order valence-corrected chi connectivity index (χ3v) is 4.56. The van der Waals surface area contributed by atoms with Crippen LogP contribution in [0.4, 0.5) is 0 Å². The Morgan fingerprint density at radius 1 is 1.53 bits per heavy atom. The summed E-state index contributed by atoms with van der Waals surface area (Å²) >= 11 is 5.28. The Labute approximate surface area is 113 Å². The number of rotatable bonds is 4. The van der Waals surface area contributed by atoms with Crippen molar-refractivity contribution in [1.29, 1.82) is 0 Å². The van der Waals surface area contributed by atoms with E-state index in [9.17, 15) is 0 Å². The minimum absolute atomic E-state index is 0.134. The van der Waals surface area contributed by atoms with E-state index in [2.05, 4.69) is 50.6 Å². The summed E-state index contributed by atoms with van der Waals surface area (Å²) in [5.41, 5.74) is 1.05. The zero-order valence-electron chi connectivity index (χ0n) is 10.1. The molecule has 1 unspecified atom stereocenters. The van der Waals surface area contributed by atoms with Crippen LogP contribution in [0.3, 0.4) is 0 Å². The molecule has 0 amide bonds. The Balaban J connectivity index is 2.40. The van der Waals surface area contributed by atoms with Crippen LogP contribution in [-0.2, 0) is 13.5 Å². The number of aromatic nitrogens is 3. The lowest BCUT2D eigenvalue weighted by Crippen LogP contribution is -2.20. The van der Waals surface area contributed by atoms with Crippen LogP contribution in [0.15, 0.2) is 16.7 Å². The van der Waals surface area contributed by atoms with Gasteiger partial charge in [0.15, 0.2) is 4.60 Å². The number of aryl methyl sites for hydroxylation is 2. The van der Waals surface area contributed by atoms with Crippen LogP contribution in [0.5, 0.6) is 0 Å². The van der Waals surface area contributed by atoms with Crippen LogP contribution in [-0.4, -0.2) is 22.0 Å². The highest BCUT2D eigenvalue weighted by Crippen LogP contribution is 2.31. The number of hydrogen-bond donors (Lipinski definition) is 1. The topological polar surface area (TPSA) is 42.7 Å². The number of hydrogen-bond acceptors (Lipinski definition) is 4. The average molecular weight is 315 g/mol. The molecule has 0 aliphatic rings. The zero-order valence-corrected chi connectivity index (χ0v) is 12.5. The standard InChI is InChI=1S/C11H15BrN4S/c1-4-7-5-6-8(17-7)9(13-2)10-11(12)14-15-16(10)3/h5-6,9,13H,4H2,1-3H3. The molecule has 0 fully saturated rings. The summed E-state index contributed by atoms with van der Waals surface area (Å²) in [6.45, 7) is 2.17. The first-order chi connectivity index (χ1) is 8.17. The molecule has 0 saturated carbocycles. The van der Waals surface area contributed by atoms with Crippen LogP contribution in [0.1, 0.15) is 28.4 Å². The molecule has 6 heteroatoms. The maximum absolute atomic E-state index is 4.03. The predicted octanol–water partition coefficient (Wildman–Crippen LogP) is 2.51. The fourth-order valence-electron chi connectivity index (χ4n) is 1.80. The fraction of sp³-hybridized carbons (Fsp3) is 0.455. The minimum atomic E-state index is 0.134. The molecule has 2 heterocycles. The van der Waals surface area contributed by atoms with Gasteiger partial charge in [0.2, 0.25) is 0 Å². The summed E-state index contributed by atoms with van der Waals surface area (Å²) < 4.78 is 2.60. The normalized spacial score (nSPS) is 12.9. The van der Waals surface area contributed by atoms with Crippen molar-refractivity contribution < 1.29 is 0 Å². The molecule has 0 bridgehead atoms. The molecule has 2 aromatic heterocycles. The van der Waals surface area contributed by atoms with E-state index in [1.165, 1.54) is 9.75 Å². The van der Waals surface area contributed by atoms with Gasteiger partial charge < -0.3 is 5.32 Å². The highest BCUT2D eigenvalue weighted by molar-refractivity contribution is 9.10.